The number of rotatable bonds is 12. The van der Waals surface area contributed by atoms with Gasteiger partial charge in [0.25, 0.3) is 0 Å². The molecule has 2 aromatic carbocycles. The van der Waals surface area contributed by atoms with Gasteiger partial charge >= 0.3 is 0 Å². The van der Waals surface area contributed by atoms with E-state index >= 15 is 0 Å². The largest absolute Gasteiger partial charge is 0.370 e. The lowest BCUT2D eigenvalue weighted by atomic mass is 9.94. The van der Waals surface area contributed by atoms with Crippen LogP contribution < -0.4 is 21.5 Å². The molecule has 0 bridgehead atoms. The summed E-state index contributed by atoms with van der Waals surface area (Å²) in [6.07, 6.45) is 3.64. The molecular weight excluding hydrogens is 516 g/mol. The van der Waals surface area contributed by atoms with Gasteiger partial charge in [-0.1, -0.05) is 62.7 Å². The van der Waals surface area contributed by atoms with Crippen molar-refractivity contribution < 1.29 is 18.0 Å². The van der Waals surface area contributed by atoms with E-state index in [-0.39, 0.29) is 47.7 Å². The Morgan fingerprint density at radius 3 is 2.36 bits per heavy atom. The third-order valence-corrected chi connectivity index (χ3v) is 8.54. The second kappa shape index (κ2) is 14.1. The Bertz CT molecular complexity index is 1250. The second-order valence-corrected chi connectivity index (χ2v) is 11.4. The zero-order chi connectivity index (χ0) is 28.4. The number of guanidine groups is 1. The topological polar surface area (TPSA) is 160 Å². The van der Waals surface area contributed by atoms with Crippen molar-refractivity contribution in [3.8, 4) is 11.1 Å². The van der Waals surface area contributed by atoms with Crippen LogP contribution in [0.5, 0.6) is 0 Å². The average molecular weight is 557 g/mol. The summed E-state index contributed by atoms with van der Waals surface area (Å²) in [5.74, 6) is -0.0830. The molecule has 0 saturated carbocycles. The Morgan fingerprint density at radius 2 is 1.74 bits per heavy atom. The first-order chi connectivity index (χ1) is 18.7. The summed E-state index contributed by atoms with van der Waals surface area (Å²) >= 11 is 0. The summed E-state index contributed by atoms with van der Waals surface area (Å²) in [7, 11) is -4.22. The van der Waals surface area contributed by atoms with Gasteiger partial charge in [-0.25, -0.2) is 8.42 Å². The molecule has 1 fully saturated rings. The molecule has 10 nitrogen and oxygen atoms in total. The van der Waals surface area contributed by atoms with Crippen molar-refractivity contribution in [1.29, 1.82) is 0 Å². The molecule has 39 heavy (non-hydrogen) atoms. The monoisotopic (exact) mass is 556 g/mol. The number of carbonyl (C=O) groups is 2. The number of para-hydroxylation sites is 1. The smallest absolute Gasteiger partial charge is 0.243 e. The number of piperidine rings is 1. The highest BCUT2D eigenvalue weighted by Crippen LogP contribution is 2.34. The molecule has 1 heterocycles. The van der Waals surface area contributed by atoms with Crippen LogP contribution in [-0.4, -0.2) is 56.8 Å². The maximum atomic E-state index is 13.8. The van der Waals surface area contributed by atoms with Gasteiger partial charge in [0.15, 0.2) is 5.96 Å². The minimum Gasteiger partial charge on any atom is -0.370 e. The van der Waals surface area contributed by atoms with Crippen LogP contribution in [0.3, 0.4) is 0 Å². The lowest BCUT2D eigenvalue weighted by molar-refractivity contribution is -0.134. The molecule has 2 aromatic rings. The molecule has 2 amide bonds. The third kappa shape index (κ3) is 8.27. The maximum absolute atomic E-state index is 13.8. The van der Waals surface area contributed by atoms with Gasteiger partial charge in [0, 0.05) is 31.6 Å². The Balaban J connectivity index is 1.95. The van der Waals surface area contributed by atoms with Gasteiger partial charge in [0.1, 0.15) is 10.9 Å². The number of likely N-dealkylation sites (tertiary alicyclic amines) is 1. The number of nitrogens with zero attached hydrogens (tertiary/aromatic N) is 2. The molecule has 11 heteroatoms. The molecule has 0 spiro atoms. The van der Waals surface area contributed by atoms with Gasteiger partial charge in [0.05, 0.1) is 5.69 Å². The highest BCUT2D eigenvalue weighted by Gasteiger charge is 2.32. The quantitative estimate of drug-likeness (QED) is 0.179. The Labute approximate surface area is 231 Å². The summed E-state index contributed by atoms with van der Waals surface area (Å²) < 4.78 is 30.3. The van der Waals surface area contributed by atoms with Crippen molar-refractivity contribution >= 4 is 33.5 Å². The summed E-state index contributed by atoms with van der Waals surface area (Å²) in [6, 6.07) is 13.1. The number of aliphatic imine (C=N–C) groups is 1. The van der Waals surface area contributed by atoms with Crippen molar-refractivity contribution in [1.82, 2.24) is 9.62 Å². The van der Waals surface area contributed by atoms with Crippen molar-refractivity contribution in [3.63, 3.8) is 0 Å². The van der Waals surface area contributed by atoms with Crippen molar-refractivity contribution in [2.75, 3.05) is 25.0 Å². The predicted molar refractivity (Wildman–Crippen MR) is 154 cm³/mol. The van der Waals surface area contributed by atoms with Crippen molar-refractivity contribution in [3.05, 3.63) is 48.5 Å². The highest BCUT2D eigenvalue weighted by atomic mass is 32.2. The first kappa shape index (κ1) is 30.1. The Hall–Kier alpha value is -3.44. The summed E-state index contributed by atoms with van der Waals surface area (Å²) in [6.45, 7) is 5.28. The van der Waals surface area contributed by atoms with E-state index in [1.165, 1.54) is 6.07 Å². The standard InChI is InChI=1S/C28H40N6O4S/c1-3-20-15-18-34(19-16-20)27(36)23(13-9-17-31-28(29)30)33-39(37,38)24-14-8-12-22(21-10-6-5-7-11-21)26(24)32-25(35)4-2/h5-8,10-12,14,20,23,33H,3-4,9,13,15-19H2,1-2H3,(H,32,35)(H4,29,30,31). The molecule has 1 saturated heterocycles. The van der Waals surface area contributed by atoms with Gasteiger partial charge in [0.2, 0.25) is 21.8 Å². The van der Waals surface area contributed by atoms with Crippen LogP contribution in [-0.2, 0) is 19.6 Å². The summed E-state index contributed by atoms with van der Waals surface area (Å²) in [5.41, 5.74) is 12.4. The fourth-order valence-corrected chi connectivity index (χ4v) is 6.15. The number of hydrogen-bond acceptors (Lipinski definition) is 5. The van der Waals surface area contributed by atoms with E-state index in [0.29, 0.717) is 31.0 Å². The molecule has 3 rings (SSSR count). The molecule has 0 aliphatic carbocycles. The fraction of sp³-hybridized carbons (Fsp3) is 0.464. The Morgan fingerprint density at radius 1 is 1.05 bits per heavy atom. The molecule has 1 atom stereocenters. The van der Waals surface area contributed by atoms with Crippen LogP contribution in [0.15, 0.2) is 58.4 Å². The lowest BCUT2D eigenvalue weighted by Crippen LogP contribution is -2.50. The molecule has 0 radical (unpaired) electrons. The summed E-state index contributed by atoms with van der Waals surface area (Å²) in [5, 5.41) is 2.78. The molecule has 6 N–H and O–H groups in total. The number of hydrogen-bond donors (Lipinski definition) is 4. The van der Waals surface area contributed by atoms with Gasteiger partial charge in [-0.3, -0.25) is 14.6 Å². The van der Waals surface area contributed by atoms with Gasteiger partial charge in [-0.05, 0) is 43.2 Å². The molecule has 1 aliphatic rings. The van der Waals surface area contributed by atoms with Crippen LogP contribution in [0, 0.1) is 5.92 Å². The highest BCUT2D eigenvalue weighted by molar-refractivity contribution is 7.89. The number of nitrogens with one attached hydrogen (secondary N) is 2. The van der Waals surface area contributed by atoms with Gasteiger partial charge in [-0.2, -0.15) is 4.72 Å². The first-order valence-corrected chi connectivity index (χ1v) is 15.0. The number of nitrogens with two attached hydrogens (primary N) is 2. The van der Waals surface area contributed by atoms with Crippen LogP contribution in [0.1, 0.15) is 52.4 Å². The van der Waals surface area contributed by atoms with E-state index in [1.807, 2.05) is 30.3 Å². The minimum absolute atomic E-state index is 0.0610. The Kier molecular flexibility index (Phi) is 10.9. The molecule has 1 unspecified atom stereocenters. The van der Waals surface area contributed by atoms with Crippen LogP contribution in [0.4, 0.5) is 5.69 Å². The van der Waals surface area contributed by atoms with E-state index in [9.17, 15) is 18.0 Å². The second-order valence-electron chi connectivity index (χ2n) is 9.75. The van der Waals surface area contributed by atoms with Crippen molar-refractivity contribution in [2.45, 2.75) is 63.3 Å². The van der Waals surface area contributed by atoms with Crippen LogP contribution in [0.25, 0.3) is 11.1 Å². The predicted octanol–water partition coefficient (Wildman–Crippen LogP) is 3.05. The number of sulfonamides is 1. The van der Waals surface area contributed by atoms with Crippen LogP contribution in [0.2, 0.25) is 0 Å². The molecule has 0 aromatic heterocycles. The van der Waals surface area contributed by atoms with E-state index in [0.717, 1.165) is 24.8 Å². The van der Waals surface area contributed by atoms with E-state index in [1.54, 1.807) is 24.0 Å². The average Bonchev–Trinajstić information content (AvgIpc) is 2.94. The zero-order valence-corrected chi connectivity index (χ0v) is 23.5. The molecule has 212 valence electrons. The number of anilines is 1. The van der Waals surface area contributed by atoms with E-state index in [4.69, 9.17) is 11.5 Å². The number of amides is 2. The van der Waals surface area contributed by atoms with E-state index < -0.39 is 16.1 Å². The van der Waals surface area contributed by atoms with Gasteiger partial charge < -0.3 is 21.7 Å². The fourth-order valence-electron chi connectivity index (χ4n) is 4.74. The normalized spacial score (nSPS) is 15.0. The zero-order valence-electron chi connectivity index (χ0n) is 22.7. The van der Waals surface area contributed by atoms with E-state index in [2.05, 4.69) is 22.0 Å². The third-order valence-electron chi connectivity index (χ3n) is 7.03. The van der Waals surface area contributed by atoms with Gasteiger partial charge in [-0.15, -0.1) is 0 Å². The number of benzene rings is 2. The lowest BCUT2D eigenvalue weighted by Gasteiger charge is -2.34. The maximum Gasteiger partial charge on any atom is 0.243 e. The summed E-state index contributed by atoms with van der Waals surface area (Å²) in [4.78, 5) is 31.6. The minimum atomic E-state index is -4.22. The first-order valence-electron chi connectivity index (χ1n) is 13.5. The molecule has 1 aliphatic heterocycles. The number of carbonyl (C=O) groups excluding carboxylic acids is 2. The molecular formula is C28H40N6O4S. The van der Waals surface area contributed by atoms with Crippen molar-refractivity contribution in [2.24, 2.45) is 22.4 Å². The SMILES string of the molecule is CCC(=O)Nc1c(-c2ccccc2)cccc1S(=O)(=O)NC(CCCN=C(N)N)C(=O)N1CCC(CC)CC1. The van der Waals surface area contributed by atoms with Crippen LogP contribution >= 0.6 is 0 Å².